The van der Waals surface area contributed by atoms with Gasteiger partial charge in [-0.1, -0.05) is 130 Å². The number of furan rings is 1. The first-order valence-electron chi connectivity index (χ1n) is 18.4. The average Bonchev–Trinajstić information content (AvgIpc) is 3.58. The Bertz CT molecular complexity index is 1960. The van der Waals surface area contributed by atoms with E-state index in [-0.39, 0.29) is 43.3 Å². The maximum atomic E-state index is 12.2. The molecule has 1 radical (unpaired) electrons. The number of ketones is 1. The fourth-order valence-electron chi connectivity index (χ4n) is 7.55. The van der Waals surface area contributed by atoms with Gasteiger partial charge in [-0.15, -0.1) is 35.4 Å². The molecule has 3 aromatic carbocycles. The number of carbonyl (C=O) groups excluding carboxylic acids is 1. The zero-order valence-electron chi connectivity index (χ0n) is 31.6. The third kappa shape index (κ3) is 7.70. The molecule has 0 fully saturated rings. The molecule has 6 rings (SSSR count). The number of para-hydroxylation sites is 2. The normalized spacial score (nSPS) is 13.4. The number of pyridine rings is 1. The van der Waals surface area contributed by atoms with Crippen molar-refractivity contribution in [1.29, 1.82) is 0 Å². The molecule has 0 aliphatic heterocycles. The van der Waals surface area contributed by atoms with E-state index in [1.54, 1.807) is 0 Å². The molecule has 5 heteroatoms. The summed E-state index contributed by atoms with van der Waals surface area (Å²) in [5.41, 5.74) is 9.86. The third-order valence-corrected chi connectivity index (χ3v) is 10.2. The van der Waals surface area contributed by atoms with E-state index in [0.29, 0.717) is 11.8 Å². The van der Waals surface area contributed by atoms with Gasteiger partial charge in [0.2, 0.25) is 0 Å². The van der Waals surface area contributed by atoms with Crippen LogP contribution in [0.15, 0.2) is 82.9 Å². The first-order valence-corrected chi connectivity index (χ1v) is 18.4. The standard InChI is InChI=1S/C29H24NO.C16H31NO.Ir/c1-17(2)22-16-24(30-23-14-7-5-10-18(22)23)19-12-9-13-21-26(19)29(3,4)27-20-11-6-8-15-25(20)31-28(21)27;1-7-13(8-2)15(17-12(5)6)11-16(18)14(9-3)10-4;/h5-11,13-17H,1-4H3;11-14H,7-10H2,1-6H3,(H,17,18);/q-1;;/p-1. The maximum Gasteiger partial charge on any atom is 0.157 e. The molecule has 5 aromatic rings. The zero-order chi connectivity index (χ0) is 35.5. The van der Waals surface area contributed by atoms with Crippen LogP contribution in [0.4, 0.5) is 0 Å². The molecular weight excluding hydrogens is 793 g/mol. The van der Waals surface area contributed by atoms with Crippen LogP contribution >= 0.6 is 0 Å². The second-order valence-electron chi connectivity index (χ2n) is 14.6. The molecule has 0 N–H and O–H groups in total. The van der Waals surface area contributed by atoms with Crippen molar-refractivity contribution in [2.75, 3.05) is 0 Å². The van der Waals surface area contributed by atoms with Gasteiger partial charge >= 0.3 is 0 Å². The zero-order valence-corrected chi connectivity index (χ0v) is 34.0. The average molecular weight is 847 g/mol. The molecule has 0 saturated carbocycles. The van der Waals surface area contributed by atoms with Crippen LogP contribution in [0.2, 0.25) is 0 Å². The Morgan fingerprint density at radius 2 is 1.48 bits per heavy atom. The van der Waals surface area contributed by atoms with E-state index >= 15 is 0 Å². The number of hydrogen-bond acceptors (Lipinski definition) is 3. The molecule has 0 amide bonds. The van der Waals surface area contributed by atoms with Crippen LogP contribution in [-0.2, 0) is 30.3 Å². The molecule has 267 valence electrons. The number of allylic oxidation sites excluding steroid dienone is 2. The van der Waals surface area contributed by atoms with E-state index in [2.05, 4.69) is 135 Å². The molecule has 0 saturated heterocycles. The van der Waals surface area contributed by atoms with Crippen molar-refractivity contribution < 1.29 is 29.3 Å². The molecule has 2 aromatic heterocycles. The predicted octanol–water partition coefficient (Wildman–Crippen LogP) is 13.0. The van der Waals surface area contributed by atoms with Gasteiger partial charge in [0, 0.05) is 42.4 Å². The summed E-state index contributed by atoms with van der Waals surface area (Å²) in [7, 11) is 0. The Kier molecular flexibility index (Phi) is 13.1. The second-order valence-corrected chi connectivity index (χ2v) is 14.6. The maximum absolute atomic E-state index is 12.2. The summed E-state index contributed by atoms with van der Waals surface area (Å²) in [5, 5.41) is 7.07. The van der Waals surface area contributed by atoms with Gasteiger partial charge in [0.25, 0.3) is 0 Å². The van der Waals surface area contributed by atoms with Gasteiger partial charge in [-0.05, 0) is 59.6 Å². The Balaban J connectivity index is 0.000000257. The molecule has 1 aliphatic rings. The molecule has 50 heavy (non-hydrogen) atoms. The first kappa shape index (κ1) is 39.3. The van der Waals surface area contributed by atoms with Gasteiger partial charge in [-0.25, -0.2) is 0 Å². The summed E-state index contributed by atoms with van der Waals surface area (Å²) in [5.74, 6) is 2.24. The molecule has 4 nitrogen and oxygen atoms in total. The fourth-order valence-corrected chi connectivity index (χ4v) is 7.55. The Labute approximate surface area is 313 Å². The Hall–Kier alpha value is -3.53. The topological polar surface area (TPSA) is 57.2 Å². The van der Waals surface area contributed by atoms with Crippen molar-refractivity contribution in [2.45, 2.75) is 112 Å². The van der Waals surface area contributed by atoms with Crippen molar-refractivity contribution in [2.24, 2.45) is 11.8 Å². The monoisotopic (exact) mass is 847 g/mol. The van der Waals surface area contributed by atoms with Crippen LogP contribution < -0.4 is 0 Å². The largest absolute Gasteiger partial charge is 0.685 e. The smallest absolute Gasteiger partial charge is 0.157 e. The van der Waals surface area contributed by atoms with E-state index < -0.39 is 0 Å². The molecule has 0 atom stereocenters. The summed E-state index contributed by atoms with van der Waals surface area (Å²) in [4.78, 5) is 17.3. The van der Waals surface area contributed by atoms with E-state index in [9.17, 15) is 4.79 Å². The van der Waals surface area contributed by atoms with E-state index in [4.69, 9.17) is 9.40 Å². The van der Waals surface area contributed by atoms with Crippen molar-refractivity contribution in [3.8, 4) is 22.6 Å². The van der Waals surface area contributed by atoms with Crippen LogP contribution in [0.3, 0.4) is 0 Å². The molecule has 1 aliphatic carbocycles. The number of benzene rings is 3. The number of nitrogens with zero attached hydrogens (tertiary/aromatic N) is 2. The molecule has 0 unspecified atom stereocenters. The van der Waals surface area contributed by atoms with Gasteiger partial charge in [-0.2, -0.15) is 5.70 Å². The summed E-state index contributed by atoms with van der Waals surface area (Å²) in [6.45, 7) is 21.7. The van der Waals surface area contributed by atoms with Crippen LogP contribution in [0.1, 0.15) is 118 Å². The van der Waals surface area contributed by atoms with Crippen LogP contribution in [0.25, 0.3) is 49.8 Å². The molecule has 0 spiro atoms. The fraction of sp³-hybridized carbons (Fsp3) is 0.422. The Morgan fingerprint density at radius 1 is 0.860 bits per heavy atom. The van der Waals surface area contributed by atoms with E-state index in [0.717, 1.165) is 65.1 Å². The van der Waals surface area contributed by atoms with Crippen molar-refractivity contribution in [3.63, 3.8) is 0 Å². The SMILES string of the molecule is CC(C)c1cc(-c2[c-]ccc3c2C(C)(C)c2c-3oc3ccccc23)nc2ccccc12.CCC(CC)C(=O)/C=C(\[N-]C(C)C)C(CC)CC.[Ir]. The van der Waals surface area contributed by atoms with E-state index in [1.165, 1.54) is 27.5 Å². The van der Waals surface area contributed by atoms with Crippen LogP contribution in [-0.4, -0.2) is 16.8 Å². The molecular formula is C45H54IrN2O2-2. The van der Waals surface area contributed by atoms with Gasteiger partial charge < -0.3 is 9.73 Å². The number of rotatable bonds is 11. The number of aromatic nitrogens is 1. The second kappa shape index (κ2) is 16.7. The minimum absolute atomic E-state index is 0. The minimum atomic E-state index is -0.199. The quantitative estimate of drug-likeness (QED) is 0.0983. The third-order valence-electron chi connectivity index (χ3n) is 10.2. The number of hydrogen-bond donors (Lipinski definition) is 0. The van der Waals surface area contributed by atoms with Crippen molar-refractivity contribution in [1.82, 2.24) is 4.98 Å². The van der Waals surface area contributed by atoms with Gasteiger partial charge in [-0.3, -0.25) is 9.78 Å². The summed E-state index contributed by atoms with van der Waals surface area (Å²) in [6.07, 6.45) is 5.76. The van der Waals surface area contributed by atoms with Gasteiger partial charge in [0.15, 0.2) is 5.78 Å². The van der Waals surface area contributed by atoms with Crippen molar-refractivity contribution >= 4 is 27.7 Å². The summed E-state index contributed by atoms with van der Waals surface area (Å²) in [6, 6.07) is 27.0. The van der Waals surface area contributed by atoms with Gasteiger partial charge in [0.05, 0.1) is 5.52 Å². The number of fused-ring (bicyclic) bond motifs is 6. The first-order chi connectivity index (χ1) is 23.5. The van der Waals surface area contributed by atoms with Crippen LogP contribution in [0, 0.1) is 17.9 Å². The van der Waals surface area contributed by atoms with Crippen molar-refractivity contribution in [3.05, 3.63) is 107 Å². The summed E-state index contributed by atoms with van der Waals surface area (Å²) >= 11 is 0. The van der Waals surface area contributed by atoms with Gasteiger partial charge in [0.1, 0.15) is 11.3 Å². The van der Waals surface area contributed by atoms with E-state index in [1.807, 2.05) is 18.2 Å². The summed E-state index contributed by atoms with van der Waals surface area (Å²) < 4.78 is 6.36. The van der Waals surface area contributed by atoms with Crippen LogP contribution in [0.5, 0.6) is 0 Å². The molecule has 0 bridgehead atoms. The number of carbonyl (C=O) groups is 1. The Morgan fingerprint density at radius 3 is 2.10 bits per heavy atom. The minimum Gasteiger partial charge on any atom is -0.685 e. The molecule has 2 heterocycles. The predicted molar refractivity (Wildman–Crippen MR) is 207 cm³/mol.